The highest BCUT2D eigenvalue weighted by Crippen LogP contribution is 2.41. The van der Waals surface area contributed by atoms with Crippen molar-refractivity contribution in [1.82, 2.24) is 0 Å². The Balaban J connectivity index is 1.60. The Morgan fingerprint density at radius 3 is 1.52 bits per heavy atom. The van der Waals surface area contributed by atoms with Crippen molar-refractivity contribution in [3.8, 4) is 5.75 Å². The van der Waals surface area contributed by atoms with E-state index < -0.39 is 11.9 Å². The molecule has 0 unspecified atom stereocenters. The molecule has 4 heteroatoms. The van der Waals surface area contributed by atoms with Gasteiger partial charge in [0.1, 0.15) is 5.56 Å². The van der Waals surface area contributed by atoms with Crippen LogP contribution in [-0.2, 0) is 25.7 Å². The zero-order chi connectivity index (χ0) is 32.4. The van der Waals surface area contributed by atoms with E-state index in [1.165, 1.54) is 6.07 Å². The first kappa shape index (κ1) is 30.3. The Morgan fingerprint density at radius 2 is 1.00 bits per heavy atom. The van der Waals surface area contributed by atoms with Crippen LogP contribution in [0.2, 0.25) is 0 Å². The van der Waals surface area contributed by atoms with Crippen LogP contribution in [0.5, 0.6) is 5.75 Å². The molecule has 1 N–H and O–H groups in total. The Bertz CT molecular complexity index is 2250. The summed E-state index contributed by atoms with van der Waals surface area (Å²) in [7, 11) is 0. The number of carbonyl (C=O) groups is 2. The maximum Gasteiger partial charge on any atom is 0.343 e. The Kier molecular flexibility index (Phi) is 8.37. The largest absolute Gasteiger partial charge is 0.478 e. The van der Waals surface area contributed by atoms with E-state index in [1.54, 1.807) is 18.2 Å². The van der Waals surface area contributed by atoms with Gasteiger partial charge in [0, 0.05) is 5.39 Å². The molecule has 0 aliphatic heterocycles. The molecule has 6 aromatic carbocycles. The third-order valence-corrected chi connectivity index (χ3v) is 8.66. The van der Waals surface area contributed by atoms with Crippen molar-refractivity contribution in [3.63, 3.8) is 0 Å². The predicted molar refractivity (Wildman–Crippen MR) is 190 cm³/mol. The van der Waals surface area contributed by atoms with Gasteiger partial charge in [0.2, 0.25) is 0 Å². The number of allylic oxidation sites excluding steroid dienone is 4. The highest BCUT2D eigenvalue weighted by atomic mass is 16.5. The predicted octanol–water partition coefficient (Wildman–Crippen LogP) is 10.1. The second-order valence-corrected chi connectivity index (χ2v) is 11.3. The van der Waals surface area contributed by atoms with Gasteiger partial charge in [-0.05, 0) is 104 Å². The van der Waals surface area contributed by atoms with Gasteiger partial charge in [-0.15, -0.1) is 26.3 Å². The first-order chi connectivity index (χ1) is 22.4. The molecule has 46 heavy (non-hydrogen) atoms. The van der Waals surface area contributed by atoms with E-state index in [2.05, 4.69) is 44.5 Å². The fourth-order valence-corrected chi connectivity index (χ4v) is 6.78. The number of carboxylic acid groups (broad SMARTS) is 1. The number of hydrogen-bond acceptors (Lipinski definition) is 3. The zero-order valence-electron chi connectivity index (χ0n) is 25.6. The number of hydrogen-bond donors (Lipinski definition) is 1. The summed E-state index contributed by atoms with van der Waals surface area (Å²) in [5, 5.41) is 17.9. The van der Waals surface area contributed by atoms with Gasteiger partial charge in [-0.1, -0.05) is 85.0 Å². The minimum atomic E-state index is -1.18. The van der Waals surface area contributed by atoms with Gasteiger partial charge >= 0.3 is 11.9 Å². The molecule has 0 radical (unpaired) electrons. The fourth-order valence-electron chi connectivity index (χ4n) is 6.78. The summed E-state index contributed by atoms with van der Waals surface area (Å²) >= 11 is 0. The van der Waals surface area contributed by atoms with E-state index in [0.717, 1.165) is 60.0 Å². The molecule has 6 rings (SSSR count). The number of carboxylic acids is 1. The lowest BCUT2D eigenvalue weighted by molar-refractivity contribution is 0.0682. The van der Waals surface area contributed by atoms with Crippen LogP contribution in [0.4, 0.5) is 0 Å². The number of rotatable bonds is 11. The zero-order valence-corrected chi connectivity index (χ0v) is 25.6. The third-order valence-electron chi connectivity index (χ3n) is 8.66. The summed E-state index contributed by atoms with van der Waals surface area (Å²) < 4.78 is 6.17. The monoisotopic (exact) mass is 602 g/mol. The number of fused-ring (bicyclic) bond motifs is 4. The second-order valence-electron chi connectivity index (χ2n) is 11.3. The van der Waals surface area contributed by atoms with Crippen LogP contribution in [0, 0.1) is 0 Å². The van der Waals surface area contributed by atoms with E-state index in [4.69, 9.17) is 4.74 Å². The van der Waals surface area contributed by atoms with Gasteiger partial charge in [-0.3, -0.25) is 0 Å². The van der Waals surface area contributed by atoms with Crippen LogP contribution in [-0.4, -0.2) is 17.0 Å². The first-order valence-corrected chi connectivity index (χ1v) is 15.3. The molecular weight excluding hydrogens is 568 g/mol. The Labute approximate surface area is 268 Å². The highest BCUT2D eigenvalue weighted by molar-refractivity contribution is 6.13. The average Bonchev–Trinajstić information content (AvgIpc) is 3.07. The van der Waals surface area contributed by atoms with Crippen molar-refractivity contribution >= 4 is 55.0 Å². The van der Waals surface area contributed by atoms with Crippen LogP contribution in [0.25, 0.3) is 43.1 Å². The van der Waals surface area contributed by atoms with E-state index in [-0.39, 0.29) is 11.3 Å². The molecule has 226 valence electrons. The Morgan fingerprint density at radius 1 is 0.565 bits per heavy atom. The molecule has 6 aromatic rings. The minimum absolute atomic E-state index is 0.0279. The van der Waals surface area contributed by atoms with Crippen molar-refractivity contribution in [2.24, 2.45) is 0 Å². The van der Waals surface area contributed by atoms with Crippen LogP contribution < -0.4 is 4.74 Å². The van der Waals surface area contributed by atoms with Crippen molar-refractivity contribution in [1.29, 1.82) is 0 Å². The number of aromatic carboxylic acids is 1. The van der Waals surface area contributed by atoms with Gasteiger partial charge in [0.05, 0.1) is 5.56 Å². The topological polar surface area (TPSA) is 63.6 Å². The van der Waals surface area contributed by atoms with E-state index in [0.29, 0.717) is 36.6 Å². The average molecular weight is 603 g/mol. The van der Waals surface area contributed by atoms with E-state index in [1.807, 2.05) is 60.7 Å². The summed E-state index contributed by atoms with van der Waals surface area (Å²) in [6.45, 7) is 15.9. The second kappa shape index (κ2) is 12.7. The van der Waals surface area contributed by atoms with Gasteiger partial charge in [-0.2, -0.15) is 0 Å². The van der Waals surface area contributed by atoms with E-state index in [9.17, 15) is 14.7 Å². The van der Waals surface area contributed by atoms with Crippen molar-refractivity contribution in [3.05, 3.63) is 163 Å². The lowest BCUT2D eigenvalue weighted by Gasteiger charge is -2.20. The molecule has 0 saturated heterocycles. The van der Waals surface area contributed by atoms with Crippen molar-refractivity contribution in [2.75, 3.05) is 0 Å². The van der Waals surface area contributed by atoms with Gasteiger partial charge in [0.25, 0.3) is 0 Å². The summed E-state index contributed by atoms with van der Waals surface area (Å²) in [6, 6.07) is 25.1. The van der Waals surface area contributed by atoms with Crippen LogP contribution in [0.15, 0.2) is 129 Å². The fraction of sp³-hybridized carbons (Fsp3) is 0.0952. The molecule has 0 aromatic heterocycles. The van der Waals surface area contributed by atoms with Gasteiger partial charge in [-0.25, -0.2) is 9.59 Å². The van der Waals surface area contributed by atoms with Crippen LogP contribution >= 0.6 is 0 Å². The molecule has 0 spiro atoms. The van der Waals surface area contributed by atoms with Crippen molar-refractivity contribution < 1.29 is 19.4 Å². The number of benzene rings is 6. The normalized spacial score (nSPS) is 11.1. The SMILES string of the molecule is C=CCc1c2ccccc2c(CC=C)c2cc(C(=O)Oc3c(C(=O)O)ccc4c(CC=C)c5ccccc5c(CC=C)c34)ccc12. The molecular formula is C42H34O4. The molecule has 0 heterocycles. The minimum Gasteiger partial charge on any atom is -0.478 e. The molecule has 0 atom stereocenters. The van der Waals surface area contributed by atoms with Crippen molar-refractivity contribution in [2.45, 2.75) is 25.7 Å². The molecule has 0 aliphatic rings. The molecule has 0 bridgehead atoms. The number of carbonyl (C=O) groups excluding carboxylic acids is 1. The lowest BCUT2D eigenvalue weighted by atomic mass is 9.87. The summed E-state index contributed by atoms with van der Waals surface area (Å²) in [4.78, 5) is 26.7. The molecule has 0 saturated carbocycles. The highest BCUT2D eigenvalue weighted by Gasteiger charge is 2.25. The summed E-state index contributed by atoms with van der Waals surface area (Å²) in [5.74, 6) is -1.79. The number of esters is 1. The molecule has 0 fully saturated rings. The van der Waals surface area contributed by atoms with Gasteiger partial charge in [0.15, 0.2) is 5.75 Å². The maximum absolute atomic E-state index is 14.1. The standard InChI is InChI=1S/C42H34O4/c1-5-13-27-30-17-9-10-19-32(30)29(15-7-3)38-25-26(21-22-34(27)38)42(45)46-40-37(41(43)44)24-23-36-28(14-6-2)31-18-11-12-20-33(31)35(16-8-4)39(36)40/h5-12,17-25H,1-4,13-16H2,(H,43,44). The third kappa shape index (κ3) is 5.08. The Hall–Kier alpha value is -5.74. The van der Waals surface area contributed by atoms with E-state index >= 15 is 0 Å². The molecule has 0 amide bonds. The van der Waals surface area contributed by atoms with Crippen LogP contribution in [0.1, 0.15) is 43.0 Å². The maximum atomic E-state index is 14.1. The molecule has 4 nitrogen and oxygen atoms in total. The summed E-state index contributed by atoms with van der Waals surface area (Å²) in [6.07, 6.45) is 9.65. The molecule has 0 aliphatic carbocycles. The smallest absolute Gasteiger partial charge is 0.343 e. The quantitative estimate of drug-likeness (QED) is 0.0694. The van der Waals surface area contributed by atoms with Gasteiger partial charge < -0.3 is 9.84 Å². The lowest BCUT2D eigenvalue weighted by Crippen LogP contribution is -2.13. The number of ether oxygens (including phenoxy) is 1. The van der Waals surface area contributed by atoms with Crippen LogP contribution in [0.3, 0.4) is 0 Å². The first-order valence-electron chi connectivity index (χ1n) is 15.3. The summed E-state index contributed by atoms with van der Waals surface area (Å²) in [5.41, 5.74) is 4.27.